The van der Waals surface area contributed by atoms with Gasteiger partial charge in [-0.15, -0.1) is 0 Å². The van der Waals surface area contributed by atoms with Crippen molar-refractivity contribution >= 4 is 28.9 Å². The first kappa shape index (κ1) is 24.5. The number of methoxy groups -OCH3 is 1. The van der Waals surface area contributed by atoms with Gasteiger partial charge in [0.1, 0.15) is 5.52 Å². The number of benzene rings is 1. The normalized spacial score (nSPS) is 10.7. The number of aryl methyl sites for hydroxylation is 1. The van der Waals surface area contributed by atoms with Crippen LogP contribution in [-0.2, 0) is 17.7 Å². The minimum Gasteiger partial charge on any atom is -0.385 e. The van der Waals surface area contributed by atoms with Crippen LogP contribution in [-0.4, -0.2) is 51.6 Å². The second kappa shape index (κ2) is 11.7. The van der Waals surface area contributed by atoms with Crippen molar-refractivity contribution in [2.24, 2.45) is 0 Å². The summed E-state index contributed by atoms with van der Waals surface area (Å²) >= 11 is 0. The van der Waals surface area contributed by atoms with Crippen molar-refractivity contribution in [3.63, 3.8) is 0 Å². The molecule has 0 unspecified atom stereocenters. The molecule has 10 nitrogen and oxygen atoms in total. The van der Waals surface area contributed by atoms with Crippen LogP contribution < -0.4 is 10.6 Å². The summed E-state index contributed by atoms with van der Waals surface area (Å²) in [6.45, 7) is 1.48. The van der Waals surface area contributed by atoms with Gasteiger partial charge < -0.3 is 10.1 Å². The van der Waals surface area contributed by atoms with Gasteiger partial charge in [-0.05, 0) is 48.7 Å². The molecule has 0 saturated carbocycles. The average molecular weight is 484 g/mol. The Hall–Kier alpha value is -4.62. The Kier molecular flexibility index (Phi) is 7.95. The number of nitrogens with one attached hydrogen (secondary N) is 2. The molecule has 4 rings (SSSR count). The lowest BCUT2D eigenvalue weighted by Crippen LogP contribution is -2.25. The van der Waals surface area contributed by atoms with Crippen LogP contribution in [0.2, 0.25) is 0 Å². The molecule has 0 aliphatic heterocycles. The summed E-state index contributed by atoms with van der Waals surface area (Å²) in [7, 11) is 1.62. The van der Waals surface area contributed by atoms with E-state index < -0.39 is 5.91 Å². The number of rotatable bonds is 10. The van der Waals surface area contributed by atoms with Gasteiger partial charge in [-0.25, -0.2) is 9.97 Å². The topological polar surface area (TPSA) is 135 Å². The molecule has 2 amide bonds. The van der Waals surface area contributed by atoms with E-state index in [0.717, 1.165) is 5.56 Å². The van der Waals surface area contributed by atoms with E-state index in [4.69, 9.17) is 10.00 Å². The van der Waals surface area contributed by atoms with Gasteiger partial charge in [-0.3, -0.25) is 24.5 Å². The SMILES string of the molecule is COCCCn1c(NC(=O)c2cccc(C#N)c2)nc2cc(C(=O)NCCc3cccnc3)cnc21. The van der Waals surface area contributed by atoms with Gasteiger partial charge in [0.25, 0.3) is 11.8 Å². The number of nitrogens with zero attached hydrogens (tertiary/aromatic N) is 5. The molecular weight excluding hydrogens is 458 g/mol. The van der Waals surface area contributed by atoms with Gasteiger partial charge >= 0.3 is 0 Å². The number of ether oxygens (including phenoxy) is 1. The molecule has 0 atom stereocenters. The summed E-state index contributed by atoms with van der Waals surface area (Å²) in [6.07, 6.45) is 6.30. The van der Waals surface area contributed by atoms with Crippen molar-refractivity contribution in [3.05, 3.63) is 83.3 Å². The lowest BCUT2D eigenvalue weighted by molar-refractivity contribution is 0.0953. The number of carbonyl (C=O) groups is 2. The molecule has 3 aromatic heterocycles. The monoisotopic (exact) mass is 483 g/mol. The lowest BCUT2D eigenvalue weighted by Gasteiger charge is -2.10. The van der Waals surface area contributed by atoms with Crippen LogP contribution in [0.4, 0.5) is 5.95 Å². The van der Waals surface area contributed by atoms with Crippen molar-refractivity contribution in [2.45, 2.75) is 19.4 Å². The average Bonchev–Trinajstić information content (AvgIpc) is 3.25. The Morgan fingerprint density at radius 2 is 2.00 bits per heavy atom. The highest BCUT2D eigenvalue weighted by Gasteiger charge is 2.17. The summed E-state index contributed by atoms with van der Waals surface area (Å²) in [6, 6.07) is 13.9. The van der Waals surface area contributed by atoms with E-state index in [1.165, 1.54) is 12.3 Å². The van der Waals surface area contributed by atoms with E-state index in [2.05, 4.69) is 25.6 Å². The van der Waals surface area contributed by atoms with Gasteiger partial charge in [-0.2, -0.15) is 5.26 Å². The predicted octanol–water partition coefficient (Wildman–Crippen LogP) is 2.96. The summed E-state index contributed by atoms with van der Waals surface area (Å²) in [5.74, 6) is -0.361. The fourth-order valence-electron chi connectivity index (χ4n) is 3.68. The molecule has 182 valence electrons. The smallest absolute Gasteiger partial charge is 0.258 e. The highest BCUT2D eigenvalue weighted by atomic mass is 16.5. The Morgan fingerprint density at radius 1 is 1.11 bits per heavy atom. The van der Waals surface area contributed by atoms with E-state index in [1.807, 2.05) is 18.2 Å². The molecule has 36 heavy (non-hydrogen) atoms. The van der Waals surface area contributed by atoms with Crippen LogP contribution in [0.1, 0.15) is 38.3 Å². The van der Waals surface area contributed by atoms with Gasteiger partial charge in [0.2, 0.25) is 5.95 Å². The van der Waals surface area contributed by atoms with E-state index in [-0.39, 0.29) is 5.91 Å². The zero-order chi connectivity index (χ0) is 25.3. The Morgan fingerprint density at radius 3 is 2.78 bits per heavy atom. The first-order valence-electron chi connectivity index (χ1n) is 11.4. The fourth-order valence-corrected chi connectivity index (χ4v) is 3.68. The second-order valence-electron chi connectivity index (χ2n) is 8.01. The minimum atomic E-state index is -0.399. The molecule has 3 heterocycles. The van der Waals surface area contributed by atoms with Crippen LogP contribution in [0.25, 0.3) is 11.2 Å². The first-order chi connectivity index (χ1) is 17.6. The third-order valence-corrected chi connectivity index (χ3v) is 5.48. The highest BCUT2D eigenvalue weighted by molar-refractivity contribution is 6.04. The number of carbonyl (C=O) groups excluding carboxylic acids is 2. The van der Waals surface area contributed by atoms with Crippen molar-refractivity contribution in [3.8, 4) is 6.07 Å². The zero-order valence-corrected chi connectivity index (χ0v) is 19.8. The highest BCUT2D eigenvalue weighted by Crippen LogP contribution is 2.21. The van der Waals surface area contributed by atoms with E-state index >= 15 is 0 Å². The van der Waals surface area contributed by atoms with Gasteiger partial charge in [0.05, 0.1) is 17.2 Å². The fraction of sp³-hybridized carbons (Fsp3) is 0.231. The van der Waals surface area contributed by atoms with Crippen molar-refractivity contribution in [2.75, 3.05) is 25.6 Å². The lowest BCUT2D eigenvalue weighted by atomic mass is 10.1. The van der Waals surface area contributed by atoms with E-state index in [0.29, 0.717) is 66.3 Å². The first-order valence-corrected chi connectivity index (χ1v) is 11.4. The minimum absolute atomic E-state index is 0.263. The number of fused-ring (bicyclic) bond motifs is 1. The van der Waals surface area contributed by atoms with Crippen molar-refractivity contribution in [1.82, 2.24) is 24.8 Å². The third kappa shape index (κ3) is 5.89. The Balaban J connectivity index is 1.54. The van der Waals surface area contributed by atoms with Crippen LogP contribution in [0.5, 0.6) is 0 Å². The number of pyridine rings is 2. The van der Waals surface area contributed by atoms with Crippen molar-refractivity contribution < 1.29 is 14.3 Å². The summed E-state index contributed by atoms with van der Waals surface area (Å²) in [4.78, 5) is 38.6. The number of amides is 2. The van der Waals surface area contributed by atoms with Crippen molar-refractivity contribution in [1.29, 1.82) is 5.26 Å². The van der Waals surface area contributed by atoms with Crippen LogP contribution in [0.3, 0.4) is 0 Å². The standard InChI is InChI=1S/C26H25N7O3/c1-36-12-4-11-33-23-22(31-26(33)32-25(35)20-7-2-5-19(13-20)15-27)14-21(17-30-23)24(34)29-10-8-18-6-3-9-28-16-18/h2-3,5-7,9,13-14,16-17H,4,8,10-12H2,1H3,(H,29,34)(H,31,32,35). The van der Waals surface area contributed by atoms with E-state index in [9.17, 15) is 9.59 Å². The maximum Gasteiger partial charge on any atom is 0.258 e. The molecule has 10 heteroatoms. The molecule has 2 N–H and O–H groups in total. The van der Waals surface area contributed by atoms with Crippen LogP contribution in [0, 0.1) is 11.3 Å². The summed E-state index contributed by atoms with van der Waals surface area (Å²) < 4.78 is 6.94. The summed E-state index contributed by atoms with van der Waals surface area (Å²) in [5.41, 5.74) is 3.15. The number of imidazole rings is 1. The maximum absolute atomic E-state index is 12.9. The van der Waals surface area contributed by atoms with Crippen LogP contribution >= 0.6 is 0 Å². The molecule has 4 aromatic rings. The van der Waals surface area contributed by atoms with Gasteiger partial charge in [0.15, 0.2) is 5.65 Å². The van der Waals surface area contributed by atoms with E-state index in [1.54, 1.807) is 48.3 Å². The Bertz CT molecular complexity index is 1410. The molecule has 0 bridgehead atoms. The Labute approximate surface area is 208 Å². The largest absolute Gasteiger partial charge is 0.385 e. The molecule has 0 aliphatic carbocycles. The number of anilines is 1. The third-order valence-electron chi connectivity index (χ3n) is 5.48. The number of hydrogen-bond acceptors (Lipinski definition) is 7. The van der Waals surface area contributed by atoms with Gasteiger partial charge in [-0.1, -0.05) is 12.1 Å². The number of nitriles is 1. The number of hydrogen-bond donors (Lipinski definition) is 2. The molecule has 0 saturated heterocycles. The molecule has 0 radical (unpaired) electrons. The quantitative estimate of drug-likeness (QED) is 0.331. The molecule has 0 spiro atoms. The summed E-state index contributed by atoms with van der Waals surface area (Å²) in [5, 5.41) is 14.8. The van der Waals surface area contributed by atoms with Gasteiger partial charge in [0, 0.05) is 51.0 Å². The molecule has 0 fully saturated rings. The molecule has 0 aliphatic rings. The zero-order valence-electron chi connectivity index (χ0n) is 19.8. The number of aromatic nitrogens is 4. The second-order valence-corrected chi connectivity index (χ2v) is 8.01. The maximum atomic E-state index is 12.9. The predicted molar refractivity (Wildman–Crippen MR) is 133 cm³/mol. The molecule has 1 aromatic carbocycles. The molecular formula is C26H25N7O3. The van der Waals surface area contributed by atoms with Crippen LogP contribution in [0.15, 0.2) is 61.1 Å².